The summed E-state index contributed by atoms with van der Waals surface area (Å²) in [6.45, 7) is 0. The molecule has 2 aliphatic rings. The Morgan fingerprint density at radius 1 is 1.16 bits per heavy atom. The van der Waals surface area contributed by atoms with E-state index in [-0.39, 0.29) is 11.7 Å². The lowest BCUT2D eigenvalue weighted by Crippen LogP contribution is -2.33. The molecule has 2 atom stereocenters. The van der Waals surface area contributed by atoms with Crippen molar-refractivity contribution in [2.45, 2.75) is 18.7 Å². The summed E-state index contributed by atoms with van der Waals surface area (Å²) in [6.07, 6.45) is 0.162. The predicted molar refractivity (Wildman–Crippen MR) is 117 cm³/mol. The van der Waals surface area contributed by atoms with Gasteiger partial charge in [0.1, 0.15) is 11.5 Å². The van der Waals surface area contributed by atoms with E-state index in [4.69, 9.17) is 26.2 Å². The fourth-order valence-corrected chi connectivity index (χ4v) is 4.20. The molecule has 0 saturated heterocycles. The first-order chi connectivity index (χ1) is 15.0. The zero-order valence-corrected chi connectivity index (χ0v) is 17.3. The Morgan fingerprint density at radius 2 is 1.97 bits per heavy atom. The summed E-state index contributed by atoms with van der Waals surface area (Å²) in [7, 11) is 1.63. The Bertz CT molecular complexity index is 1200. The molecule has 0 spiro atoms. The SMILES string of the molecule is COc1cccc(C2=NN3[C@H](C2)c2cc(Cl)ccc2O[C@H]3c2ccc([N+](=O)[O-])cc2)c1. The number of rotatable bonds is 4. The average molecular weight is 436 g/mol. The van der Waals surface area contributed by atoms with Gasteiger partial charge in [-0.25, -0.2) is 5.01 Å². The topological polar surface area (TPSA) is 77.2 Å². The second-order valence-electron chi connectivity index (χ2n) is 7.38. The number of ether oxygens (including phenoxy) is 2. The van der Waals surface area contributed by atoms with Crippen molar-refractivity contribution in [3.63, 3.8) is 0 Å². The van der Waals surface area contributed by atoms with Crippen LogP contribution in [0.25, 0.3) is 0 Å². The Hall–Kier alpha value is -3.58. The van der Waals surface area contributed by atoms with Crippen molar-refractivity contribution in [1.29, 1.82) is 0 Å². The van der Waals surface area contributed by atoms with Gasteiger partial charge in [0.05, 0.1) is 23.8 Å². The molecular weight excluding hydrogens is 418 g/mol. The highest BCUT2D eigenvalue weighted by atomic mass is 35.5. The smallest absolute Gasteiger partial charge is 0.269 e. The molecule has 7 nitrogen and oxygen atoms in total. The molecule has 5 rings (SSSR count). The van der Waals surface area contributed by atoms with Gasteiger partial charge in [0, 0.05) is 40.3 Å². The van der Waals surface area contributed by atoms with Gasteiger partial charge in [0.15, 0.2) is 0 Å². The molecule has 2 aliphatic heterocycles. The van der Waals surface area contributed by atoms with Crippen LogP contribution in [0, 0.1) is 10.1 Å². The highest BCUT2D eigenvalue weighted by molar-refractivity contribution is 6.30. The minimum Gasteiger partial charge on any atom is -0.497 e. The van der Waals surface area contributed by atoms with Gasteiger partial charge in [0.2, 0.25) is 6.23 Å². The normalized spacial score (nSPS) is 19.2. The number of benzene rings is 3. The maximum Gasteiger partial charge on any atom is 0.269 e. The summed E-state index contributed by atoms with van der Waals surface area (Å²) in [4.78, 5) is 10.6. The Morgan fingerprint density at radius 3 is 2.71 bits per heavy atom. The molecule has 0 radical (unpaired) electrons. The first kappa shape index (κ1) is 19.4. The lowest BCUT2D eigenvalue weighted by molar-refractivity contribution is -0.384. The van der Waals surface area contributed by atoms with Crippen LogP contribution < -0.4 is 9.47 Å². The molecule has 3 aromatic rings. The van der Waals surface area contributed by atoms with Crippen LogP contribution in [0.2, 0.25) is 5.02 Å². The molecule has 2 heterocycles. The molecule has 0 unspecified atom stereocenters. The molecule has 0 N–H and O–H groups in total. The van der Waals surface area contributed by atoms with Crippen molar-refractivity contribution < 1.29 is 14.4 Å². The van der Waals surface area contributed by atoms with Crippen LogP contribution in [0.5, 0.6) is 11.5 Å². The van der Waals surface area contributed by atoms with E-state index in [0.717, 1.165) is 33.9 Å². The number of nitro groups is 1. The molecule has 0 aliphatic carbocycles. The van der Waals surface area contributed by atoms with Crippen LogP contribution in [0.4, 0.5) is 5.69 Å². The second-order valence-corrected chi connectivity index (χ2v) is 7.82. The van der Waals surface area contributed by atoms with Crippen LogP contribution in [0.1, 0.15) is 35.4 Å². The number of nitrogens with zero attached hydrogens (tertiary/aromatic N) is 3. The van der Waals surface area contributed by atoms with Gasteiger partial charge < -0.3 is 9.47 Å². The van der Waals surface area contributed by atoms with E-state index < -0.39 is 11.2 Å². The van der Waals surface area contributed by atoms with E-state index in [9.17, 15) is 10.1 Å². The van der Waals surface area contributed by atoms with E-state index in [1.807, 2.05) is 41.4 Å². The number of hydrogen-bond donors (Lipinski definition) is 0. The third-order valence-electron chi connectivity index (χ3n) is 5.54. The third-order valence-corrected chi connectivity index (χ3v) is 5.78. The molecule has 0 amide bonds. The Balaban J connectivity index is 1.57. The van der Waals surface area contributed by atoms with Crippen LogP contribution in [0.3, 0.4) is 0 Å². The lowest BCUT2D eigenvalue weighted by Gasteiger charge is -2.38. The molecular formula is C23H18ClN3O4. The van der Waals surface area contributed by atoms with Crippen molar-refractivity contribution in [2.24, 2.45) is 5.10 Å². The largest absolute Gasteiger partial charge is 0.497 e. The van der Waals surface area contributed by atoms with Crippen molar-refractivity contribution >= 4 is 23.0 Å². The maximum absolute atomic E-state index is 11.0. The van der Waals surface area contributed by atoms with Crippen LogP contribution in [0.15, 0.2) is 71.8 Å². The van der Waals surface area contributed by atoms with Crippen molar-refractivity contribution in [3.05, 3.63) is 98.6 Å². The first-order valence-electron chi connectivity index (χ1n) is 9.74. The number of hydrazone groups is 1. The summed E-state index contributed by atoms with van der Waals surface area (Å²) in [5.74, 6) is 1.49. The van der Waals surface area contributed by atoms with E-state index in [1.54, 1.807) is 25.3 Å². The summed E-state index contributed by atoms with van der Waals surface area (Å²) >= 11 is 6.27. The van der Waals surface area contributed by atoms with Gasteiger partial charge in [0.25, 0.3) is 5.69 Å². The van der Waals surface area contributed by atoms with Crippen LogP contribution >= 0.6 is 11.6 Å². The number of hydrogen-bond acceptors (Lipinski definition) is 6. The van der Waals surface area contributed by atoms with Crippen molar-refractivity contribution in [3.8, 4) is 11.5 Å². The number of methoxy groups -OCH3 is 1. The van der Waals surface area contributed by atoms with E-state index in [0.29, 0.717) is 11.4 Å². The molecule has 0 saturated carbocycles. The number of fused-ring (bicyclic) bond motifs is 3. The van der Waals surface area contributed by atoms with Gasteiger partial charge >= 0.3 is 0 Å². The standard InChI is InChI=1S/C23H18ClN3O4/c1-30-18-4-2-3-15(11-18)20-13-21-19-12-16(24)7-10-22(19)31-23(26(21)25-20)14-5-8-17(9-6-14)27(28)29/h2-12,21,23H,13H2,1H3/t21-,23+/m1/s1. The quantitative estimate of drug-likeness (QED) is 0.399. The summed E-state index contributed by atoms with van der Waals surface area (Å²) in [5, 5.41) is 18.5. The third kappa shape index (κ3) is 3.47. The molecule has 3 aromatic carbocycles. The van der Waals surface area contributed by atoms with E-state index in [2.05, 4.69) is 0 Å². The zero-order valence-electron chi connectivity index (χ0n) is 16.6. The van der Waals surface area contributed by atoms with Gasteiger partial charge in [-0.3, -0.25) is 10.1 Å². The van der Waals surface area contributed by atoms with Crippen LogP contribution in [-0.4, -0.2) is 22.8 Å². The van der Waals surface area contributed by atoms with E-state index >= 15 is 0 Å². The minimum atomic E-state index is -0.511. The van der Waals surface area contributed by atoms with E-state index in [1.165, 1.54) is 12.1 Å². The minimum absolute atomic E-state index is 0.0327. The Labute approximate surface area is 183 Å². The maximum atomic E-state index is 11.0. The number of non-ortho nitro benzene ring substituents is 1. The first-order valence-corrected chi connectivity index (χ1v) is 10.1. The molecule has 0 fully saturated rings. The summed E-state index contributed by atoms with van der Waals surface area (Å²) < 4.78 is 11.6. The fraction of sp³-hybridized carbons (Fsp3) is 0.174. The number of nitro benzene ring substituents is 1. The van der Waals surface area contributed by atoms with Gasteiger partial charge in [-0.2, -0.15) is 5.10 Å². The van der Waals surface area contributed by atoms with Crippen molar-refractivity contribution in [1.82, 2.24) is 5.01 Å². The molecule has 8 heteroatoms. The molecule has 31 heavy (non-hydrogen) atoms. The monoisotopic (exact) mass is 435 g/mol. The second kappa shape index (κ2) is 7.59. The predicted octanol–water partition coefficient (Wildman–Crippen LogP) is 5.50. The molecule has 0 bridgehead atoms. The summed E-state index contributed by atoms with van der Waals surface area (Å²) in [5.41, 5.74) is 3.66. The highest BCUT2D eigenvalue weighted by Gasteiger charge is 2.41. The molecule has 156 valence electrons. The van der Waals surface area contributed by atoms with Gasteiger partial charge in [-0.05, 0) is 42.5 Å². The van der Waals surface area contributed by atoms with Gasteiger partial charge in [-0.1, -0.05) is 23.7 Å². The summed E-state index contributed by atoms with van der Waals surface area (Å²) in [6, 6.07) is 19.7. The molecule has 0 aromatic heterocycles. The zero-order chi connectivity index (χ0) is 21.5. The van der Waals surface area contributed by atoms with Gasteiger partial charge in [-0.15, -0.1) is 0 Å². The lowest BCUT2D eigenvalue weighted by atomic mass is 9.96. The average Bonchev–Trinajstić information content (AvgIpc) is 3.25. The fourth-order valence-electron chi connectivity index (χ4n) is 4.02. The number of halogens is 1. The van der Waals surface area contributed by atoms with Crippen LogP contribution in [-0.2, 0) is 0 Å². The van der Waals surface area contributed by atoms with Crippen molar-refractivity contribution in [2.75, 3.05) is 7.11 Å². The Kier molecular flexibility index (Phi) is 4.75. The highest BCUT2D eigenvalue weighted by Crippen LogP contribution is 2.48.